The number of amides is 1. The van der Waals surface area contributed by atoms with Crippen LogP contribution in [-0.2, 0) is 9.59 Å². The van der Waals surface area contributed by atoms with E-state index in [-0.39, 0.29) is 12.3 Å². The van der Waals surface area contributed by atoms with Crippen LogP contribution in [-0.4, -0.2) is 28.5 Å². The van der Waals surface area contributed by atoms with Crippen molar-refractivity contribution in [3.05, 3.63) is 29.3 Å². The van der Waals surface area contributed by atoms with Gasteiger partial charge in [-0.1, -0.05) is 17.7 Å². The summed E-state index contributed by atoms with van der Waals surface area (Å²) in [5, 5.41) is 11.7. The number of thioether (sulfide) groups is 1. The van der Waals surface area contributed by atoms with E-state index in [4.69, 9.17) is 16.7 Å². The van der Waals surface area contributed by atoms with Gasteiger partial charge in [-0.25, -0.2) is 0 Å². The summed E-state index contributed by atoms with van der Waals surface area (Å²) >= 11 is 7.21. The number of hydrogen-bond acceptors (Lipinski definition) is 3. The molecule has 4 nitrogen and oxygen atoms in total. The van der Waals surface area contributed by atoms with Gasteiger partial charge in [0.1, 0.15) is 0 Å². The number of carbonyl (C=O) groups excluding carboxylic acids is 1. The number of carboxylic acids is 1. The van der Waals surface area contributed by atoms with E-state index in [1.807, 2.05) is 0 Å². The zero-order chi connectivity index (χ0) is 13.4. The Bertz CT molecular complexity index is 426. The van der Waals surface area contributed by atoms with Crippen LogP contribution in [0.25, 0.3) is 0 Å². The molecule has 1 aromatic carbocycles. The molecule has 0 aliphatic heterocycles. The average Bonchev–Trinajstić information content (AvgIpc) is 2.28. The van der Waals surface area contributed by atoms with Crippen molar-refractivity contribution in [2.24, 2.45) is 0 Å². The van der Waals surface area contributed by atoms with Gasteiger partial charge in [-0.05, 0) is 30.4 Å². The van der Waals surface area contributed by atoms with E-state index < -0.39 is 5.97 Å². The summed E-state index contributed by atoms with van der Waals surface area (Å²) < 4.78 is 0. The van der Waals surface area contributed by atoms with Gasteiger partial charge in [0.2, 0.25) is 5.91 Å². The lowest BCUT2D eigenvalue weighted by atomic mass is 10.3. The Morgan fingerprint density at radius 2 is 2.17 bits per heavy atom. The molecule has 0 unspecified atom stereocenters. The number of benzene rings is 1. The molecule has 0 bridgehead atoms. The molecule has 1 rings (SSSR count). The van der Waals surface area contributed by atoms with E-state index in [1.54, 1.807) is 24.3 Å². The zero-order valence-electron chi connectivity index (χ0n) is 9.69. The molecular weight excluding hydrogens is 274 g/mol. The number of hydrogen-bond donors (Lipinski definition) is 2. The summed E-state index contributed by atoms with van der Waals surface area (Å²) in [6, 6.07) is 6.93. The van der Waals surface area contributed by atoms with Gasteiger partial charge in [-0.2, -0.15) is 11.8 Å². The van der Waals surface area contributed by atoms with Crippen LogP contribution >= 0.6 is 23.4 Å². The van der Waals surface area contributed by atoms with Crippen molar-refractivity contribution >= 4 is 40.9 Å². The second kappa shape index (κ2) is 8.00. The van der Waals surface area contributed by atoms with Gasteiger partial charge in [0.15, 0.2) is 0 Å². The maximum Gasteiger partial charge on any atom is 0.303 e. The van der Waals surface area contributed by atoms with E-state index in [1.165, 1.54) is 11.8 Å². The van der Waals surface area contributed by atoms with Crippen molar-refractivity contribution in [1.29, 1.82) is 0 Å². The minimum atomic E-state index is -0.807. The number of halogens is 1. The third kappa shape index (κ3) is 6.51. The summed E-state index contributed by atoms with van der Waals surface area (Å²) in [6.45, 7) is 0. The molecule has 0 atom stereocenters. The molecule has 0 aliphatic carbocycles. The molecule has 0 spiro atoms. The van der Waals surface area contributed by atoms with Gasteiger partial charge in [-0.3, -0.25) is 9.59 Å². The molecule has 0 radical (unpaired) electrons. The van der Waals surface area contributed by atoms with Crippen LogP contribution in [0.4, 0.5) is 5.69 Å². The molecule has 1 aromatic rings. The minimum absolute atomic E-state index is 0.113. The van der Waals surface area contributed by atoms with Crippen LogP contribution in [0, 0.1) is 0 Å². The smallest absolute Gasteiger partial charge is 0.303 e. The first-order chi connectivity index (χ1) is 8.58. The van der Waals surface area contributed by atoms with E-state index in [9.17, 15) is 9.59 Å². The summed E-state index contributed by atoms with van der Waals surface area (Å²) in [6.07, 6.45) is 0.716. The number of carboxylic acid groups (broad SMARTS) is 1. The second-order valence-electron chi connectivity index (χ2n) is 3.61. The quantitative estimate of drug-likeness (QED) is 0.757. The lowest BCUT2D eigenvalue weighted by Gasteiger charge is -2.05. The van der Waals surface area contributed by atoms with E-state index in [2.05, 4.69) is 5.32 Å². The Kier molecular flexibility index (Phi) is 6.60. The summed E-state index contributed by atoms with van der Waals surface area (Å²) in [5.74, 6) is 0.0538. The lowest BCUT2D eigenvalue weighted by molar-refractivity contribution is -0.137. The van der Waals surface area contributed by atoms with Crippen LogP contribution in [0.2, 0.25) is 5.02 Å². The van der Waals surface area contributed by atoms with Crippen molar-refractivity contribution in [2.75, 3.05) is 16.8 Å². The monoisotopic (exact) mass is 287 g/mol. The molecule has 18 heavy (non-hydrogen) atoms. The Morgan fingerprint density at radius 3 is 2.83 bits per heavy atom. The SMILES string of the molecule is O=C(O)CCCSCC(=O)Nc1cccc(Cl)c1. The molecule has 0 saturated carbocycles. The van der Waals surface area contributed by atoms with Crippen LogP contribution in [0.3, 0.4) is 0 Å². The van der Waals surface area contributed by atoms with Crippen LogP contribution in [0.15, 0.2) is 24.3 Å². The van der Waals surface area contributed by atoms with Crippen molar-refractivity contribution < 1.29 is 14.7 Å². The highest BCUT2D eigenvalue weighted by atomic mass is 35.5. The summed E-state index contributed by atoms with van der Waals surface area (Å²) in [5.41, 5.74) is 0.665. The first-order valence-corrected chi connectivity index (χ1v) is 6.96. The fourth-order valence-electron chi connectivity index (χ4n) is 1.25. The maximum atomic E-state index is 11.5. The number of carbonyl (C=O) groups is 2. The number of nitrogens with one attached hydrogen (secondary N) is 1. The molecular formula is C12H14ClNO3S. The van der Waals surface area contributed by atoms with Crippen LogP contribution in [0.5, 0.6) is 0 Å². The van der Waals surface area contributed by atoms with Crippen molar-refractivity contribution in [3.8, 4) is 0 Å². The number of anilines is 1. The maximum absolute atomic E-state index is 11.5. The van der Waals surface area contributed by atoms with E-state index in [0.717, 1.165) is 0 Å². The minimum Gasteiger partial charge on any atom is -0.481 e. The molecule has 0 fully saturated rings. The highest BCUT2D eigenvalue weighted by Crippen LogP contribution is 2.15. The fourth-order valence-corrected chi connectivity index (χ4v) is 2.19. The van der Waals surface area contributed by atoms with E-state index >= 15 is 0 Å². The molecule has 0 aliphatic rings. The zero-order valence-corrected chi connectivity index (χ0v) is 11.3. The molecule has 0 saturated heterocycles. The third-order valence-corrected chi connectivity index (χ3v) is 3.30. The lowest BCUT2D eigenvalue weighted by Crippen LogP contribution is -2.14. The first-order valence-electron chi connectivity index (χ1n) is 5.43. The Hall–Kier alpha value is -1.20. The van der Waals surface area contributed by atoms with E-state index in [0.29, 0.717) is 28.6 Å². The Balaban J connectivity index is 2.20. The Morgan fingerprint density at radius 1 is 1.39 bits per heavy atom. The molecule has 6 heteroatoms. The number of aliphatic carboxylic acids is 1. The predicted octanol–water partition coefficient (Wildman–Crippen LogP) is 2.88. The van der Waals surface area contributed by atoms with Gasteiger partial charge in [-0.15, -0.1) is 0 Å². The van der Waals surface area contributed by atoms with Crippen LogP contribution in [0.1, 0.15) is 12.8 Å². The van der Waals surface area contributed by atoms with Gasteiger partial charge in [0.05, 0.1) is 5.75 Å². The average molecular weight is 288 g/mol. The van der Waals surface area contributed by atoms with Gasteiger partial charge < -0.3 is 10.4 Å². The number of rotatable bonds is 7. The normalized spacial score (nSPS) is 10.1. The standard InChI is InChI=1S/C12H14ClNO3S/c13-9-3-1-4-10(7-9)14-11(15)8-18-6-2-5-12(16)17/h1,3-4,7H,2,5-6,8H2,(H,14,15)(H,16,17). The molecule has 1 amide bonds. The molecule has 2 N–H and O–H groups in total. The predicted molar refractivity (Wildman–Crippen MR) is 74.3 cm³/mol. The van der Waals surface area contributed by atoms with Gasteiger partial charge >= 0.3 is 5.97 Å². The molecule has 0 heterocycles. The Labute approximate surface area is 115 Å². The topological polar surface area (TPSA) is 66.4 Å². The third-order valence-electron chi connectivity index (χ3n) is 2.02. The summed E-state index contributed by atoms with van der Waals surface area (Å²) in [7, 11) is 0. The van der Waals surface area contributed by atoms with Crippen molar-refractivity contribution in [2.45, 2.75) is 12.8 Å². The summed E-state index contributed by atoms with van der Waals surface area (Å²) in [4.78, 5) is 21.8. The molecule has 98 valence electrons. The van der Waals surface area contributed by atoms with Crippen molar-refractivity contribution in [1.82, 2.24) is 0 Å². The van der Waals surface area contributed by atoms with Crippen LogP contribution < -0.4 is 5.32 Å². The second-order valence-corrected chi connectivity index (χ2v) is 5.15. The van der Waals surface area contributed by atoms with Gasteiger partial charge in [0, 0.05) is 17.1 Å². The molecule has 0 aromatic heterocycles. The highest BCUT2D eigenvalue weighted by Gasteiger charge is 2.03. The fraction of sp³-hybridized carbons (Fsp3) is 0.333. The van der Waals surface area contributed by atoms with Crippen molar-refractivity contribution in [3.63, 3.8) is 0 Å². The highest BCUT2D eigenvalue weighted by molar-refractivity contribution is 7.99. The largest absolute Gasteiger partial charge is 0.481 e. The van der Waals surface area contributed by atoms with Gasteiger partial charge in [0.25, 0.3) is 0 Å². The first kappa shape index (κ1) is 14.9.